The quantitative estimate of drug-likeness (QED) is 0.780. The van der Waals surface area contributed by atoms with Gasteiger partial charge in [0.1, 0.15) is 5.75 Å². The molecular weight excluding hydrogens is 272 g/mol. The van der Waals surface area contributed by atoms with Crippen LogP contribution in [0.5, 0.6) is 5.75 Å². The first-order valence-electron chi connectivity index (χ1n) is 6.44. The molecule has 0 bridgehead atoms. The van der Waals surface area contributed by atoms with Crippen LogP contribution in [0.3, 0.4) is 0 Å². The van der Waals surface area contributed by atoms with E-state index in [1.54, 1.807) is 19.2 Å². The summed E-state index contributed by atoms with van der Waals surface area (Å²) >= 11 is 5.92. The van der Waals surface area contributed by atoms with Gasteiger partial charge < -0.3 is 4.74 Å². The maximum absolute atomic E-state index is 12.4. The van der Waals surface area contributed by atoms with Crippen LogP contribution in [0.2, 0.25) is 5.02 Å². The van der Waals surface area contributed by atoms with E-state index in [-0.39, 0.29) is 5.78 Å². The second-order valence-corrected chi connectivity index (χ2v) is 5.31. The van der Waals surface area contributed by atoms with Crippen molar-refractivity contribution in [1.82, 2.24) is 0 Å². The molecule has 0 heterocycles. The second kappa shape index (κ2) is 6.10. The van der Waals surface area contributed by atoms with Crippen LogP contribution in [0.15, 0.2) is 36.4 Å². The Morgan fingerprint density at radius 1 is 1.15 bits per heavy atom. The van der Waals surface area contributed by atoms with E-state index in [9.17, 15) is 4.79 Å². The number of rotatable bonds is 4. The fourth-order valence-electron chi connectivity index (χ4n) is 2.25. The van der Waals surface area contributed by atoms with Crippen molar-refractivity contribution >= 4 is 17.4 Å². The molecule has 0 amide bonds. The summed E-state index contributed by atoms with van der Waals surface area (Å²) in [6.07, 6.45) is 0.327. The van der Waals surface area contributed by atoms with Crippen molar-refractivity contribution in [1.29, 1.82) is 0 Å². The number of hydrogen-bond acceptors (Lipinski definition) is 2. The Hall–Kier alpha value is -1.80. The van der Waals surface area contributed by atoms with Crippen LogP contribution in [0.4, 0.5) is 0 Å². The number of hydrogen-bond donors (Lipinski definition) is 0. The Kier molecular flexibility index (Phi) is 4.46. The molecule has 0 N–H and O–H groups in total. The van der Waals surface area contributed by atoms with Crippen molar-refractivity contribution in [3.63, 3.8) is 0 Å². The first-order valence-corrected chi connectivity index (χ1v) is 6.82. The van der Waals surface area contributed by atoms with E-state index in [1.165, 1.54) is 0 Å². The molecule has 0 aromatic heterocycles. The van der Waals surface area contributed by atoms with Gasteiger partial charge in [-0.05, 0) is 43.7 Å². The fraction of sp³-hybridized carbons (Fsp3) is 0.235. The summed E-state index contributed by atoms with van der Waals surface area (Å²) in [7, 11) is 1.62. The highest BCUT2D eigenvalue weighted by atomic mass is 35.5. The molecule has 2 rings (SSSR count). The number of Topliss-reactive ketones (excluding diaryl/α,β-unsaturated/α-hetero) is 1. The van der Waals surface area contributed by atoms with E-state index >= 15 is 0 Å². The van der Waals surface area contributed by atoms with Gasteiger partial charge in [-0.2, -0.15) is 0 Å². The van der Waals surface area contributed by atoms with Crippen LogP contribution in [0.25, 0.3) is 0 Å². The molecule has 0 saturated heterocycles. The van der Waals surface area contributed by atoms with Gasteiger partial charge in [-0.25, -0.2) is 0 Å². The van der Waals surface area contributed by atoms with Crippen molar-refractivity contribution in [2.75, 3.05) is 7.11 Å². The standard InChI is InChI=1S/C17H17ClO2/c1-11-4-7-17(20-3)13(8-11)10-16(19)15-6-5-14(18)9-12(15)2/h4-9H,10H2,1-3H3. The lowest BCUT2D eigenvalue weighted by molar-refractivity contribution is 0.0991. The number of aryl methyl sites for hydroxylation is 2. The molecule has 3 heteroatoms. The summed E-state index contributed by atoms with van der Waals surface area (Å²) in [5, 5.41) is 0.646. The van der Waals surface area contributed by atoms with E-state index < -0.39 is 0 Å². The Morgan fingerprint density at radius 3 is 2.55 bits per heavy atom. The predicted molar refractivity (Wildman–Crippen MR) is 82.0 cm³/mol. The summed E-state index contributed by atoms with van der Waals surface area (Å²) in [5.41, 5.74) is 3.63. The fourth-order valence-corrected chi connectivity index (χ4v) is 2.48. The molecule has 0 fully saturated rings. The van der Waals surface area contributed by atoms with E-state index in [4.69, 9.17) is 16.3 Å². The Bertz CT molecular complexity index is 647. The van der Waals surface area contributed by atoms with Gasteiger partial charge in [0.05, 0.1) is 7.11 Å². The maximum atomic E-state index is 12.4. The summed E-state index contributed by atoms with van der Waals surface area (Å²) in [6, 6.07) is 11.2. The van der Waals surface area contributed by atoms with Crippen LogP contribution >= 0.6 is 11.6 Å². The lowest BCUT2D eigenvalue weighted by atomic mass is 9.98. The Morgan fingerprint density at radius 2 is 1.90 bits per heavy atom. The third-order valence-electron chi connectivity index (χ3n) is 3.28. The normalized spacial score (nSPS) is 10.4. The molecule has 104 valence electrons. The van der Waals surface area contributed by atoms with Gasteiger partial charge in [-0.1, -0.05) is 29.3 Å². The molecule has 0 saturated carbocycles. The number of carbonyl (C=O) groups excluding carboxylic acids is 1. The van der Waals surface area contributed by atoms with Gasteiger partial charge in [-0.3, -0.25) is 4.79 Å². The van der Waals surface area contributed by atoms with Gasteiger partial charge in [0.25, 0.3) is 0 Å². The molecule has 0 unspecified atom stereocenters. The molecule has 0 radical (unpaired) electrons. The van der Waals surface area contributed by atoms with Gasteiger partial charge in [0.15, 0.2) is 5.78 Å². The molecule has 2 nitrogen and oxygen atoms in total. The van der Waals surface area contributed by atoms with Crippen molar-refractivity contribution in [3.8, 4) is 5.75 Å². The van der Waals surface area contributed by atoms with Crippen LogP contribution in [-0.2, 0) is 6.42 Å². The average molecular weight is 289 g/mol. The van der Waals surface area contributed by atoms with Crippen molar-refractivity contribution in [2.45, 2.75) is 20.3 Å². The number of benzene rings is 2. The number of ketones is 1. The summed E-state index contributed by atoms with van der Waals surface area (Å²) < 4.78 is 5.31. The van der Waals surface area contributed by atoms with Crippen LogP contribution < -0.4 is 4.74 Å². The first-order chi connectivity index (χ1) is 9.51. The highest BCUT2D eigenvalue weighted by Gasteiger charge is 2.13. The number of halogens is 1. The topological polar surface area (TPSA) is 26.3 Å². The van der Waals surface area contributed by atoms with Gasteiger partial charge >= 0.3 is 0 Å². The van der Waals surface area contributed by atoms with Crippen molar-refractivity contribution in [2.24, 2.45) is 0 Å². The van der Waals surface area contributed by atoms with Gasteiger partial charge in [0, 0.05) is 22.6 Å². The van der Waals surface area contributed by atoms with Crippen LogP contribution in [0.1, 0.15) is 27.0 Å². The smallest absolute Gasteiger partial charge is 0.167 e. The molecule has 20 heavy (non-hydrogen) atoms. The molecular formula is C17H17ClO2. The highest BCUT2D eigenvalue weighted by molar-refractivity contribution is 6.30. The molecule has 0 aliphatic heterocycles. The number of carbonyl (C=O) groups is 1. The lowest BCUT2D eigenvalue weighted by Gasteiger charge is -2.10. The second-order valence-electron chi connectivity index (χ2n) is 4.87. The van der Waals surface area contributed by atoms with Crippen LogP contribution in [-0.4, -0.2) is 12.9 Å². The molecule has 2 aromatic rings. The summed E-state index contributed by atoms with van der Waals surface area (Å²) in [5.74, 6) is 0.818. The minimum atomic E-state index is 0.0723. The number of ether oxygens (including phenoxy) is 1. The zero-order valence-corrected chi connectivity index (χ0v) is 12.6. The lowest BCUT2D eigenvalue weighted by Crippen LogP contribution is -2.07. The molecule has 0 atom stereocenters. The zero-order chi connectivity index (χ0) is 14.7. The average Bonchev–Trinajstić information content (AvgIpc) is 2.38. The molecule has 2 aromatic carbocycles. The van der Waals surface area contributed by atoms with Crippen molar-refractivity contribution < 1.29 is 9.53 Å². The maximum Gasteiger partial charge on any atom is 0.167 e. The van der Waals surface area contributed by atoms with Crippen molar-refractivity contribution in [3.05, 3.63) is 63.7 Å². The van der Waals surface area contributed by atoms with E-state index in [0.717, 1.165) is 22.4 Å². The predicted octanol–water partition coefficient (Wildman–Crippen LogP) is 4.39. The highest BCUT2D eigenvalue weighted by Crippen LogP contribution is 2.23. The van der Waals surface area contributed by atoms with Crippen LogP contribution in [0, 0.1) is 13.8 Å². The third kappa shape index (κ3) is 3.20. The zero-order valence-electron chi connectivity index (χ0n) is 11.9. The largest absolute Gasteiger partial charge is 0.496 e. The summed E-state index contributed by atoms with van der Waals surface area (Å²) in [6.45, 7) is 3.90. The van der Waals surface area contributed by atoms with Gasteiger partial charge in [-0.15, -0.1) is 0 Å². The Balaban J connectivity index is 2.30. The van der Waals surface area contributed by atoms with E-state index in [2.05, 4.69) is 0 Å². The SMILES string of the molecule is COc1ccc(C)cc1CC(=O)c1ccc(Cl)cc1C. The Labute approximate surface area is 124 Å². The monoisotopic (exact) mass is 288 g/mol. The summed E-state index contributed by atoms with van der Waals surface area (Å²) in [4.78, 5) is 12.4. The third-order valence-corrected chi connectivity index (χ3v) is 3.51. The minimum absolute atomic E-state index is 0.0723. The van der Waals surface area contributed by atoms with Gasteiger partial charge in [0.2, 0.25) is 0 Å². The number of methoxy groups -OCH3 is 1. The van der Waals surface area contributed by atoms with E-state index in [1.807, 2.05) is 38.1 Å². The molecule has 0 aliphatic carbocycles. The van der Waals surface area contributed by atoms with E-state index in [0.29, 0.717) is 17.0 Å². The minimum Gasteiger partial charge on any atom is -0.496 e. The molecule has 0 spiro atoms. The molecule has 0 aliphatic rings. The first kappa shape index (κ1) is 14.6.